The maximum atomic E-state index is 13.4. The summed E-state index contributed by atoms with van der Waals surface area (Å²) in [6, 6.07) is 14.8. The Morgan fingerprint density at radius 1 is 0.903 bits per heavy atom. The van der Waals surface area contributed by atoms with Gasteiger partial charge in [0.05, 0.1) is 15.5 Å². The topological polar surface area (TPSA) is 107 Å². The zero-order valence-corrected chi connectivity index (χ0v) is 19.0. The Bertz CT molecular complexity index is 1430. The molecule has 4 aromatic rings. The molecule has 0 radical (unpaired) electrons. The van der Waals surface area contributed by atoms with Gasteiger partial charge in [-0.15, -0.1) is 22.7 Å². The normalized spacial score (nSPS) is 12.2. The van der Waals surface area contributed by atoms with Crippen LogP contribution in [0.15, 0.2) is 75.1 Å². The number of thiophene rings is 1. The largest absolute Gasteiger partial charge is 0.239 e. The van der Waals surface area contributed by atoms with Crippen molar-refractivity contribution in [3.8, 4) is 21.7 Å². The fourth-order valence-corrected chi connectivity index (χ4v) is 7.19. The van der Waals surface area contributed by atoms with Crippen molar-refractivity contribution in [3.63, 3.8) is 0 Å². The number of rotatable bonds is 6. The van der Waals surface area contributed by atoms with Crippen molar-refractivity contribution in [2.75, 3.05) is 0 Å². The molecule has 0 atom stereocenters. The summed E-state index contributed by atoms with van der Waals surface area (Å²) in [7, 11) is -7.40. The summed E-state index contributed by atoms with van der Waals surface area (Å²) in [6.07, 6.45) is 0. The van der Waals surface area contributed by atoms with E-state index in [2.05, 4.69) is 4.98 Å². The second-order valence-electron chi connectivity index (χ2n) is 6.55. The van der Waals surface area contributed by atoms with Crippen LogP contribution >= 0.6 is 22.7 Å². The molecule has 0 unspecified atom stereocenters. The summed E-state index contributed by atoms with van der Waals surface area (Å²) < 4.78 is 62.1. The first-order valence-electron chi connectivity index (χ1n) is 8.79. The Morgan fingerprint density at radius 2 is 1.55 bits per heavy atom. The van der Waals surface area contributed by atoms with Crippen LogP contribution in [0.4, 0.5) is 4.39 Å². The number of sulfone groups is 1. The Labute approximate surface area is 186 Å². The van der Waals surface area contributed by atoms with Gasteiger partial charge in [-0.1, -0.05) is 18.2 Å². The van der Waals surface area contributed by atoms with Gasteiger partial charge in [-0.25, -0.2) is 31.3 Å². The highest BCUT2D eigenvalue weighted by Crippen LogP contribution is 2.38. The zero-order valence-electron chi connectivity index (χ0n) is 15.7. The number of benzene rings is 2. The van der Waals surface area contributed by atoms with E-state index in [1.165, 1.54) is 35.6 Å². The molecule has 0 fully saturated rings. The van der Waals surface area contributed by atoms with Crippen molar-refractivity contribution in [1.29, 1.82) is 0 Å². The minimum atomic E-state index is -3.84. The molecule has 2 N–H and O–H groups in total. The summed E-state index contributed by atoms with van der Waals surface area (Å²) in [5.74, 6) is -0.680. The average Bonchev–Trinajstić information content (AvgIpc) is 3.38. The maximum Gasteiger partial charge on any atom is 0.238 e. The van der Waals surface area contributed by atoms with Crippen LogP contribution in [0.3, 0.4) is 0 Å². The van der Waals surface area contributed by atoms with E-state index in [4.69, 9.17) is 5.14 Å². The highest BCUT2D eigenvalue weighted by Gasteiger charge is 2.22. The smallest absolute Gasteiger partial charge is 0.238 e. The molecule has 0 aliphatic carbocycles. The van der Waals surface area contributed by atoms with E-state index in [1.54, 1.807) is 41.8 Å². The third kappa shape index (κ3) is 4.75. The zero-order chi connectivity index (χ0) is 22.2. The molecule has 0 saturated heterocycles. The molecular formula is C20H15FN2O4S4. The quantitative estimate of drug-likeness (QED) is 0.430. The first-order chi connectivity index (χ1) is 14.6. The summed E-state index contributed by atoms with van der Waals surface area (Å²) in [5, 5.41) is 7.23. The lowest BCUT2D eigenvalue weighted by atomic mass is 10.1. The number of halogens is 1. The minimum Gasteiger partial charge on any atom is -0.239 e. The van der Waals surface area contributed by atoms with Crippen LogP contribution in [0.1, 0.15) is 5.01 Å². The van der Waals surface area contributed by atoms with Crippen molar-refractivity contribution in [1.82, 2.24) is 4.98 Å². The van der Waals surface area contributed by atoms with Crippen LogP contribution in [-0.2, 0) is 25.6 Å². The lowest BCUT2D eigenvalue weighted by Gasteiger charge is -2.04. The average molecular weight is 495 g/mol. The number of hydrogen-bond donors (Lipinski definition) is 1. The number of hydrogen-bond acceptors (Lipinski definition) is 7. The highest BCUT2D eigenvalue weighted by molar-refractivity contribution is 7.92. The first-order valence-corrected chi connectivity index (χ1v) is 13.7. The molecule has 0 saturated carbocycles. The summed E-state index contributed by atoms with van der Waals surface area (Å²) >= 11 is 2.33. The van der Waals surface area contributed by atoms with Gasteiger partial charge in [0.2, 0.25) is 10.0 Å². The molecule has 2 aromatic heterocycles. The van der Waals surface area contributed by atoms with Crippen LogP contribution in [-0.4, -0.2) is 21.8 Å². The van der Waals surface area contributed by atoms with E-state index in [-0.39, 0.29) is 14.9 Å². The van der Waals surface area contributed by atoms with Gasteiger partial charge in [0.25, 0.3) is 0 Å². The summed E-state index contributed by atoms with van der Waals surface area (Å²) in [5.41, 5.74) is 1.75. The molecule has 2 heterocycles. The molecule has 160 valence electrons. The molecule has 11 heteroatoms. The lowest BCUT2D eigenvalue weighted by molar-refractivity contribution is 0.595. The highest BCUT2D eigenvalue weighted by atomic mass is 32.2. The molecule has 6 nitrogen and oxygen atoms in total. The number of nitrogens with zero attached hydrogens (tertiary/aromatic N) is 1. The van der Waals surface area contributed by atoms with Crippen LogP contribution in [0.5, 0.6) is 0 Å². The number of nitrogens with two attached hydrogens (primary N) is 1. The van der Waals surface area contributed by atoms with Gasteiger partial charge in [0, 0.05) is 5.56 Å². The number of aromatic nitrogens is 1. The fourth-order valence-electron chi connectivity index (χ4n) is 2.90. The summed E-state index contributed by atoms with van der Waals surface area (Å²) in [6.45, 7) is 0. The van der Waals surface area contributed by atoms with E-state index in [0.717, 1.165) is 11.3 Å². The van der Waals surface area contributed by atoms with E-state index in [9.17, 15) is 21.2 Å². The van der Waals surface area contributed by atoms with Gasteiger partial charge in [-0.05, 0) is 53.4 Å². The molecule has 0 bridgehead atoms. The number of primary sulfonamides is 1. The van der Waals surface area contributed by atoms with Gasteiger partial charge >= 0.3 is 0 Å². The van der Waals surface area contributed by atoms with Crippen molar-refractivity contribution in [2.24, 2.45) is 5.14 Å². The van der Waals surface area contributed by atoms with Crippen molar-refractivity contribution in [3.05, 3.63) is 76.9 Å². The van der Waals surface area contributed by atoms with Crippen LogP contribution in [0.2, 0.25) is 0 Å². The van der Waals surface area contributed by atoms with E-state index >= 15 is 0 Å². The monoisotopic (exact) mass is 494 g/mol. The standard InChI is InChI=1S/C20H15FN2O4S4/c21-15-7-3-13(4-8-15)19-20(14-5-9-16(10-6-14)31(22,26)27)29-17(23-19)12-30(24,25)18-2-1-11-28-18/h1-11H,12H2,(H2,22,26,27). The van der Waals surface area contributed by atoms with Crippen molar-refractivity contribution >= 4 is 42.5 Å². The van der Waals surface area contributed by atoms with Gasteiger partial charge in [-0.2, -0.15) is 0 Å². The molecular weight excluding hydrogens is 479 g/mol. The molecule has 0 aliphatic heterocycles. The molecule has 2 aromatic carbocycles. The van der Waals surface area contributed by atoms with E-state index < -0.39 is 25.7 Å². The molecule has 0 amide bonds. The lowest BCUT2D eigenvalue weighted by Crippen LogP contribution is -2.11. The molecule has 0 spiro atoms. The Hall–Kier alpha value is -2.44. The number of sulfonamides is 1. The first kappa shape index (κ1) is 21.8. The maximum absolute atomic E-state index is 13.4. The van der Waals surface area contributed by atoms with Crippen LogP contribution < -0.4 is 5.14 Å². The summed E-state index contributed by atoms with van der Waals surface area (Å²) in [4.78, 5) is 5.14. The SMILES string of the molecule is NS(=O)(=O)c1ccc(-c2sc(CS(=O)(=O)c3cccs3)nc2-c2ccc(F)cc2)cc1. The van der Waals surface area contributed by atoms with Gasteiger partial charge < -0.3 is 0 Å². The molecule has 4 rings (SSSR count). The number of thiazole rings is 1. The predicted molar refractivity (Wildman–Crippen MR) is 120 cm³/mol. The third-order valence-corrected chi connectivity index (χ3v) is 9.68. The Morgan fingerprint density at radius 3 is 2.13 bits per heavy atom. The molecule has 31 heavy (non-hydrogen) atoms. The van der Waals surface area contributed by atoms with Crippen molar-refractivity contribution in [2.45, 2.75) is 14.9 Å². The van der Waals surface area contributed by atoms with E-state index in [1.807, 2.05) is 0 Å². The minimum absolute atomic E-state index is 0.0374. The van der Waals surface area contributed by atoms with E-state index in [0.29, 0.717) is 26.7 Å². The van der Waals surface area contributed by atoms with Crippen molar-refractivity contribution < 1.29 is 21.2 Å². The second kappa shape index (κ2) is 8.24. The van der Waals surface area contributed by atoms with Gasteiger partial charge in [0.1, 0.15) is 20.8 Å². The second-order valence-corrected chi connectivity index (χ2v) is 12.4. The predicted octanol–water partition coefficient (Wildman–Crippen LogP) is 4.30. The van der Waals surface area contributed by atoms with Crippen LogP contribution in [0.25, 0.3) is 21.7 Å². The van der Waals surface area contributed by atoms with Gasteiger partial charge in [0.15, 0.2) is 9.84 Å². The fraction of sp³-hybridized carbons (Fsp3) is 0.0500. The van der Waals surface area contributed by atoms with Crippen LogP contribution in [0, 0.1) is 5.82 Å². The Kier molecular flexibility index (Phi) is 5.79. The Balaban J connectivity index is 1.80. The molecule has 0 aliphatic rings. The third-order valence-electron chi connectivity index (χ3n) is 4.35. The van der Waals surface area contributed by atoms with Gasteiger partial charge in [-0.3, -0.25) is 0 Å².